The van der Waals surface area contributed by atoms with Crippen LogP contribution in [0, 0.1) is 0 Å². The van der Waals surface area contributed by atoms with Crippen LogP contribution >= 0.6 is 0 Å². The molecule has 0 aliphatic heterocycles. The average molecular weight is 308 g/mol. The normalized spacial score (nSPS) is 10.1. The van der Waals surface area contributed by atoms with Crippen molar-refractivity contribution in [2.75, 3.05) is 19.8 Å². The van der Waals surface area contributed by atoms with E-state index in [1.807, 2.05) is 19.9 Å². The van der Waals surface area contributed by atoms with Crippen molar-refractivity contribution in [3.05, 3.63) is 24.0 Å². The number of esters is 1. The molecule has 22 heavy (non-hydrogen) atoms. The summed E-state index contributed by atoms with van der Waals surface area (Å²) in [5, 5.41) is 2.52. The molecule has 0 aromatic carbocycles. The number of hydrogen-bond acceptors (Lipinski definition) is 5. The van der Waals surface area contributed by atoms with Gasteiger partial charge in [-0.05, 0) is 37.8 Å². The van der Waals surface area contributed by atoms with E-state index >= 15 is 0 Å². The van der Waals surface area contributed by atoms with Crippen molar-refractivity contribution in [3.63, 3.8) is 0 Å². The number of nitrogens with one attached hydrogen (secondary N) is 1. The maximum atomic E-state index is 11.4. The zero-order valence-electron chi connectivity index (χ0n) is 13.3. The molecular formula is C16H24N2O4. The Kier molecular flexibility index (Phi) is 8.64. The van der Waals surface area contributed by atoms with Gasteiger partial charge in [0.15, 0.2) is 0 Å². The number of nitrogens with zero attached hydrogens (tertiary/aromatic N) is 1. The first kappa shape index (κ1) is 17.9. The lowest BCUT2D eigenvalue weighted by molar-refractivity contribution is -0.144. The third-order valence-corrected chi connectivity index (χ3v) is 2.86. The van der Waals surface area contributed by atoms with Crippen LogP contribution in [0.4, 0.5) is 0 Å². The fourth-order valence-electron chi connectivity index (χ4n) is 1.85. The molecule has 0 atom stereocenters. The van der Waals surface area contributed by atoms with Crippen LogP contribution in [-0.2, 0) is 20.7 Å². The van der Waals surface area contributed by atoms with E-state index in [1.165, 1.54) is 0 Å². The van der Waals surface area contributed by atoms with E-state index in [9.17, 15) is 9.59 Å². The summed E-state index contributed by atoms with van der Waals surface area (Å²) in [4.78, 5) is 26.7. The zero-order chi connectivity index (χ0) is 16.2. The van der Waals surface area contributed by atoms with E-state index in [-0.39, 0.29) is 12.5 Å². The number of rotatable bonds is 10. The SMILES string of the molecule is CCCC(=O)NCC(=O)OCCCc1cncc(OCC)c1. The van der Waals surface area contributed by atoms with Gasteiger partial charge < -0.3 is 14.8 Å². The minimum atomic E-state index is -0.411. The number of aromatic nitrogens is 1. The van der Waals surface area contributed by atoms with Crippen molar-refractivity contribution in [1.29, 1.82) is 0 Å². The predicted octanol–water partition coefficient (Wildman–Crippen LogP) is 1.87. The summed E-state index contributed by atoms with van der Waals surface area (Å²) >= 11 is 0. The van der Waals surface area contributed by atoms with Crippen LogP contribution in [0.5, 0.6) is 5.75 Å². The van der Waals surface area contributed by atoms with Gasteiger partial charge in [0.05, 0.1) is 19.4 Å². The number of carbonyl (C=O) groups is 2. The van der Waals surface area contributed by atoms with Gasteiger partial charge in [-0.2, -0.15) is 0 Å². The molecule has 6 heteroatoms. The van der Waals surface area contributed by atoms with Gasteiger partial charge in [0.2, 0.25) is 5.91 Å². The smallest absolute Gasteiger partial charge is 0.325 e. The van der Waals surface area contributed by atoms with E-state index < -0.39 is 5.97 Å². The average Bonchev–Trinajstić information content (AvgIpc) is 2.51. The highest BCUT2D eigenvalue weighted by Crippen LogP contribution is 2.12. The quantitative estimate of drug-likeness (QED) is 0.527. The number of pyridine rings is 1. The van der Waals surface area contributed by atoms with Crippen LogP contribution in [-0.4, -0.2) is 36.6 Å². The Morgan fingerprint density at radius 1 is 1.27 bits per heavy atom. The van der Waals surface area contributed by atoms with Crippen molar-refractivity contribution >= 4 is 11.9 Å². The molecule has 0 bridgehead atoms. The summed E-state index contributed by atoms with van der Waals surface area (Å²) in [6.07, 6.45) is 6.09. The predicted molar refractivity (Wildman–Crippen MR) is 82.6 cm³/mol. The molecule has 0 unspecified atom stereocenters. The molecule has 1 amide bonds. The van der Waals surface area contributed by atoms with Gasteiger partial charge in [0, 0.05) is 12.6 Å². The van der Waals surface area contributed by atoms with Crippen LogP contribution in [0.2, 0.25) is 0 Å². The van der Waals surface area contributed by atoms with Crippen molar-refractivity contribution in [1.82, 2.24) is 10.3 Å². The van der Waals surface area contributed by atoms with Crippen LogP contribution in [0.3, 0.4) is 0 Å². The van der Waals surface area contributed by atoms with E-state index in [1.54, 1.807) is 12.4 Å². The maximum absolute atomic E-state index is 11.4. The van der Waals surface area contributed by atoms with Gasteiger partial charge in [0.25, 0.3) is 0 Å². The largest absolute Gasteiger partial charge is 0.492 e. The number of ether oxygens (including phenoxy) is 2. The molecule has 0 radical (unpaired) electrons. The molecule has 1 heterocycles. The van der Waals surface area contributed by atoms with Crippen LogP contribution in [0.1, 0.15) is 38.7 Å². The van der Waals surface area contributed by atoms with Gasteiger partial charge in [-0.3, -0.25) is 14.6 Å². The van der Waals surface area contributed by atoms with Crippen molar-refractivity contribution in [2.24, 2.45) is 0 Å². The van der Waals surface area contributed by atoms with Gasteiger partial charge in [-0.15, -0.1) is 0 Å². The molecule has 1 N–H and O–H groups in total. The van der Waals surface area contributed by atoms with E-state index in [0.29, 0.717) is 26.1 Å². The highest BCUT2D eigenvalue weighted by molar-refractivity contribution is 5.81. The molecule has 1 aromatic rings. The van der Waals surface area contributed by atoms with Crippen LogP contribution in [0.25, 0.3) is 0 Å². The molecule has 0 fully saturated rings. The number of amides is 1. The molecule has 0 aliphatic carbocycles. The first-order valence-corrected chi connectivity index (χ1v) is 7.64. The zero-order valence-corrected chi connectivity index (χ0v) is 13.3. The fourth-order valence-corrected chi connectivity index (χ4v) is 1.85. The monoisotopic (exact) mass is 308 g/mol. The second kappa shape index (κ2) is 10.6. The lowest BCUT2D eigenvalue weighted by atomic mass is 10.1. The van der Waals surface area contributed by atoms with Gasteiger partial charge in [-0.1, -0.05) is 6.92 Å². The number of hydrogen-bond donors (Lipinski definition) is 1. The van der Waals surface area contributed by atoms with Crippen molar-refractivity contribution in [2.45, 2.75) is 39.5 Å². The first-order valence-electron chi connectivity index (χ1n) is 7.64. The lowest BCUT2D eigenvalue weighted by Crippen LogP contribution is -2.30. The molecule has 1 aromatic heterocycles. The van der Waals surface area contributed by atoms with E-state index in [2.05, 4.69) is 10.3 Å². The van der Waals surface area contributed by atoms with Crippen molar-refractivity contribution in [3.8, 4) is 5.75 Å². The summed E-state index contributed by atoms with van der Waals surface area (Å²) in [6.45, 7) is 4.69. The summed E-state index contributed by atoms with van der Waals surface area (Å²) in [5.74, 6) is 0.208. The van der Waals surface area contributed by atoms with E-state index in [0.717, 1.165) is 24.2 Å². The Hall–Kier alpha value is -2.11. The summed E-state index contributed by atoms with van der Waals surface area (Å²) in [5.41, 5.74) is 1.04. The summed E-state index contributed by atoms with van der Waals surface area (Å²) < 4.78 is 10.4. The molecule has 0 saturated carbocycles. The highest BCUT2D eigenvalue weighted by atomic mass is 16.5. The third-order valence-electron chi connectivity index (χ3n) is 2.86. The maximum Gasteiger partial charge on any atom is 0.325 e. The fraction of sp³-hybridized carbons (Fsp3) is 0.562. The first-order chi connectivity index (χ1) is 10.7. The van der Waals surface area contributed by atoms with Gasteiger partial charge >= 0.3 is 5.97 Å². The van der Waals surface area contributed by atoms with E-state index in [4.69, 9.17) is 9.47 Å². The third kappa shape index (κ3) is 7.61. The summed E-state index contributed by atoms with van der Waals surface area (Å²) in [6, 6.07) is 1.93. The minimum Gasteiger partial charge on any atom is -0.492 e. The summed E-state index contributed by atoms with van der Waals surface area (Å²) in [7, 11) is 0. The topological polar surface area (TPSA) is 77.5 Å². The molecule has 0 spiro atoms. The minimum absolute atomic E-state index is 0.0692. The van der Waals surface area contributed by atoms with Gasteiger partial charge in [0.1, 0.15) is 12.3 Å². The molecule has 6 nitrogen and oxygen atoms in total. The standard InChI is InChI=1S/C16H24N2O4/c1-3-6-15(19)18-12-16(20)22-8-5-7-13-9-14(21-4-2)11-17-10-13/h9-11H,3-8,12H2,1-2H3,(H,18,19). The molecular weight excluding hydrogens is 284 g/mol. The molecule has 1 rings (SSSR count). The molecule has 0 saturated heterocycles. The molecule has 0 aliphatic rings. The second-order valence-electron chi connectivity index (χ2n) is 4.81. The van der Waals surface area contributed by atoms with Crippen LogP contribution in [0.15, 0.2) is 18.5 Å². The highest BCUT2D eigenvalue weighted by Gasteiger charge is 2.06. The number of carbonyl (C=O) groups excluding carboxylic acids is 2. The van der Waals surface area contributed by atoms with Crippen molar-refractivity contribution < 1.29 is 19.1 Å². The number of aryl methyl sites for hydroxylation is 1. The Morgan fingerprint density at radius 3 is 2.82 bits per heavy atom. The Labute approximate surface area is 131 Å². The Balaban J connectivity index is 2.18. The second-order valence-corrected chi connectivity index (χ2v) is 4.81. The van der Waals surface area contributed by atoms with Crippen LogP contribution < -0.4 is 10.1 Å². The molecule has 122 valence electrons. The Bertz CT molecular complexity index is 477. The van der Waals surface area contributed by atoms with Gasteiger partial charge in [-0.25, -0.2) is 0 Å². The lowest BCUT2D eigenvalue weighted by Gasteiger charge is -2.07. The Morgan fingerprint density at radius 2 is 2.09 bits per heavy atom.